The number of nitrogens with zero attached hydrogens (tertiary/aromatic N) is 1. The molecule has 10 nitrogen and oxygen atoms in total. The van der Waals surface area contributed by atoms with Crippen LogP contribution in [0.5, 0.6) is 11.5 Å². The largest absolute Gasteiger partial charge is 0.493 e. The van der Waals surface area contributed by atoms with Gasteiger partial charge in [-0.25, -0.2) is 13.9 Å². The van der Waals surface area contributed by atoms with Gasteiger partial charge in [0.2, 0.25) is 10.0 Å². The SMILES string of the molecule is COc1ccc(S(=O)(=O)N(CCC(=O)O)CC(=O)NO)cc1OC. The molecule has 0 fully saturated rings. The van der Waals surface area contributed by atoms with Crippen LogP contribution in [0.3, 0.4) is 0 Å². The summed E-state index contributed by atoms with van der Waals surface area (Å²) in [6.07, 6.45) is -0.509. The minimum absolute atomic E-state index is 0.156. The zero-order valence-electron chi connectivity index (χ0n) is 13.1. The van der Waals surface area contributed by atoms with Crippen LogP contribution in [0.4, 0.5) is 0 Å². The quantitative estimate of drug-likeness (QED) is 0.400. The molecule has 0 radical (unpaired) electrons. The number of methoxy groups -OCH3 is 2. The summed E-state index contributed by atoms with van der Waals surface area (Å²) >= 11 is 0. The molecule has 0 bridgehead atoms. The molecule has 1 aromatic carbocycles. The first-order chi connectivity index (χ1) is 11.3. The standard InChI is InChI=1S/C13H18N2O8S/c1-22-10-4-3-9(7-11(10)23-2)24(20,21)15(6-5-13(17)18)8-12(16)14-19/h3-4,7,19H,5-6,8H2,1-2H3,(H,14,16)(H,17,18). The van der Waals surface area contributed by atoms with Gasteiger partial charge >= 0.3 is 5.97 Å². The number of ether oxygens (including phenoxy) is 2. The van der Waals surface area contributed by atoms with E-state index < -0.39 is 41.4 Å². The molecule has 0 aromatic heterocycles. The molecule has 0 aliphatic rings. The number of hydrogen-bond acceptors (Lipinski definition) is 7. The number of carboxylic acids is 1. The molecule has 3 N–H and O–H groups in total. The lowest BCUT2D eigenvalue weighted by Gasteiger charge is -2.21. The van der Waals surface area contributed by atoms with E-state index in [4.69, 9.17) is 19.8 Å². The molecule has 0 atom stereocenters. The number of sulfonamides is 1. The molecule has 0 saturated heterocycles. The fraction of sp³-hybridized carbons (Fsp3) is 0.385. The molecule has 1 rings (SSSR count). The van der Waals surface area contributed by atoms with E-state index in [1.165, 1.54) is 37.9 Å². The summed E-state index contributed by atoms with van der Waals surface area (Å²) in [4.78, 5) is 21.8. The lowest BCUT2D eigenvalue weighted by Crippen LogP contribution is -2.40. The number of carboxylic acid groups (broad SMARTS) is 1. The van der Waals surface area contributed by atoms with Gasteiger partial charge in [0.15, 0.2) is 11.5 Å². The van der Waals surface area contributed by atoms with Crippen molar-refractivity contribution in [1.29, 1.82) is 0 Å². The average Bonchev–Trinajstić information content (AvgIpc) is 2.56. The Bertz CT molecular complexity index is 704. The summed E-state index contributed by atoms with van der Waals surface area (Å²) in [7, 11) is -1.48. The van der Waals surface area contributed by atoms with Gasteiger partial charge in [0.25, 0.3) is 5.91 Å². The van der Waals surface area contributed by atoms with Crippen molar-refractivity contribution in [3.63, 3.8) is 0 Å². The van der Waals surface area contributed by atoms with Crippen LogP contribution in [0.1, 0.15) is 6.42 Å². The van der Waals surface area contributed by atoms with E-state index in [0.29, 0.717) is 10.1 Å². The maximum atomic E-state index is 12.6. The fourth-order valence-corrected chi connectivity index (χ4v) is 3.24. The molecular weight excluding hydrogens is 344 g/mol. The second-order valence-electron chi connectivity index (χ2n) is 4.53. The van der Waals surface area contributed by atoms with Gasteiger partial charge < -0.3 is 14.6 Å². The summed E-state index contributed by atoms with van der Waals surface area (Å²) in [5.41, 5.74) is 1.31. The molecule has 1 aromatic rings. The number of carbonyl (C=O) groups is 2. The van der Waals surface area contributed by atoms with E-state index in [0.717, 1.165) is 0 Å². The molecule has 0 unspecified atom stereocenters. The van der Waals surface area contributed by atoms with Gasteiger partial charge in [-0.1, -0.05) is 0 Å². The Hall–Kier alpha value is -2.37. The topological polar surface area (TPSA) is 142 Å². The van der Waals surface area contributed by atoms with Crippen LogP contribution in [0.25, 0.3) is 0 Å². The number of carbonyl (C=O) groups excluding carboxylic acids is 1. The minimum atomic E-state index is -4.20. The van der Waals surface area contributed by atoms with Crippen molar-refractivity contribution in [3.8, 4) is 11.5 Å². The second-order valence-corrected chi connectivity index (χ2v) is 6.47. The molecule has 0 spiro atoms. The van der Waals surface area contributed by atoms with Crippen molar-refractivity contribution in [2.45, 2.75) is 11.3 Å². The highest BCUT2D eigenvalue weighted by Crippen LogP contribution is 2.30. The number of aliphatic carboxylic acids is 1. The smallest absolute Gasteiger partial charge is 0.304 e. The lowest BCUT2D eigenvalue weighted by molar-refractivity contribution is -0.137. The van der Waals surface area contributed by atoms with Gasteiger partial charge in [0, 0.05) is 12.6 Å². The molecular formula is C13H18N2O8S. The molecule has 0 aliphatic heterocycles. The Morgan fingerprint density at radius 1 is 1.21 bits per heavy atom. The first kappa shape index (κ1) is 19.7. The van der Waals surface area contributed by atoms with Gasteiger partial charge in [-0.3, -0.25) is 14.8 Å². The van der Waals surface area contributed by atoms with Crippen molar-refractivity contribution < 1.29 is 37.8 Å². The normalized spacial score (nSPS) is 11.2. The van der Waals surface area contributed by atoms with Crippen LogP contribution in [0.15, 0.2) is 23.1 Å². The predicted octanol–water partition coefficient (Wildman–Crippen LogP) is -0.325. The number of benzene rings is 1. The molecule has 11 heteroatoms. The van der Waals surface area contributed by atoms with E-state index in [1.54, 1.807) is 0 Å². The maximum absolute atomic E-state index is 12.6. The molecule has 0 saturated carbocycles. The molecule has 134 valence electrons. The first-order valence-electron chi connectivity index (χ1n) is 6.63. The maximum Gasteiger partial charge on any atom is 0.304 e. The average molecular weight is 362 g/mol. The summed E-state index contributed by atoms with van der Waals surface area (Å²) in [5.74, 6) is -1.76. The van der Waals surface area contributed by atoms with Crippen LogP contribution >= 0.6 is 0 Å². The summed E-state index contributed by atoms with van der Waals surface area (Å²) in [5, 5.41) is 17.3. The second kappa shape index (κ2) is 8.47. The lowest BCUT2D eigenvalue weighted by atomic mass is 10.3. The Kier molecular flexibility index (Phi) is 6.95. The van der Waals surface area contributed by atoms with Crippen LogP contribution in [0, 0.1) is 0 Å². The van der Waals surface area contributed by atoms with Crippen molar-refractivity contribution in [2.24, 2.45) is 0 Å². The Morgan fingerprint density at radius 3 is 2.33 bits per heavy atom. The molecule has 0 heterocycles. The van der Waals surface area contributed by atoms with Gasteiger partial charge in [-0.2, -0.15) is 4.31 Å². The highest BCUT2D eigenvalue weighted by molar-refractivity contribution is 7.89. The van der Waals surface area contributed by atoms with Gasteiger partial charge in [0.1, 0.15) is 0 Å². The van der Waals surface area contributed by atoms with Gasteiger partial charge in [-0.05, 0) is 12.1 Å². The Morgan fingerprint density at radius 2 is 1.83 bits per heavy atom. The summed E-state index contributed by atoms with van der Waals surface area (Å²) in [6, 6.07) is 3.80. The number of amides is 1. The van der Waals surface area contributed by atoms with Crippen molar-refractivity contribution in [3.05, 3.63) is 18.2 Å². The van der Waals surface area contributed by atoms with Crippen LogP contribution < -0.4 is 15.0 Å². The van der Waals surface area contributed by atoms with E-state index in [1.807, 2.05) is 0 Å². The number of hydrogen-bond donors (Lipinski definition) is 3. The number of rotatable bonds is 9. The Balaban J connectivity index is 3.22. The predicted molar refractivity (Wildman–Crippen MR) is 80.5 cm³/mol. The zero-order valence-corrected chi connectivity index (χ0v) is 13.9. The van der Waals surface area contributed by atoms with Crippen molar-refractivity contribution in [1.82, 2.24) is 9.79 Å². The third-order valence-electron chi connectivity index (χ3n) is 3.01. The van der Waals surface area contributed by atoms with Crippen LogP contribution in [0.2, 0.25) is 0 Å². The number of hydroxylamine groups is 1. The van der Waals surface area contributed by atoms with E-state index in [-0.39, 0.29) is 10.6 Å². The summed E-state index contributed by atoms with van der Waals surface area (Å²) in [6.45, 7) is -1.18. The molecule has 24 heavy (non-hydrogen) atoms. The third-order valence-corrected chi connectivity index (χ3v) is 4.85. The van der Waals surface area contributed by atoms with Crippen molar-refractivity contribution in [2.75, 3.05) is 27.3 Å². The number of nitrogens with one attached hydrogen (secondary N) is 1. The molecule has 0 aliphatic carbocycles. The highest BCUT2D eigenvalue weighted by atomic mass is 32.2. The minimum Gasteiger partial charge on any atom is -0.493 e. The van der Waals surface area contributed by atoms with E-state index in [2.05, 4.69) is 0 Å². The fourth-order valence-electron chi connectivity index (χ4n) is 1.83. The van der Waals surface area contributed by atoms with E-state index >= 15 is 0 Å². The van der Waals surface area contributed by atoms with Crippen molar-refractivity contribution >= 4 is 21.9 Å². The van der Waals surface area contributed by atoms with Crippen LogP contribution in [-0.2, 0) is 19.6 Å². The van der Waals surface area contributed by atoms with Gasteiger partial charge in [0.05, 0.1) is 32.1 Å². The van der Waals surface area contributed by atoms with E-state index in [9.17, 15) is 18.0 Å². The van der Waals surface area contributed by atoms with Crippen LogP contribution in [-0.4, -0.2) is 62.2 Å². The monoisotopic (exact) mass is 362 g/mol. The van der Waals surface area contributed by atoms with Gasteiger partial charge in [-0.15, -0.1) is 0 Å². The third kappa shape index (κ3) is 4.81. The summed E-state index contributed by atoms with van der Waals surface area (Å²) < 4.78 is 36.0. The zero-order chi connectivity index (χ0) is 18.3. The Labute approximate surface area is 138 Å². The highest BCUT2D eigenvalue weighted by Gasteiger charge is 2.28. The first-order valence-corrected chi connectivity index (χ1v) is 8.07. The molecule has 1 amide bonds.